The van der Waals surface area contributed by atoms with Crippen LogP contribution in [0.2, 0.25) is 0 Å². The van der Waals surface area contributed by atoms with Gasteiger partial charge in [-0.3, -0.25) is 19.8 Å². The van der Waals surface area contributed by atoms with E-state index in [0.29, 0.717) is 31.9 Å². The van der Waals surface area contributed by atoms with E-state index < -0.39 is 5.92 Å². The Morgan fingerprint density at radius 1 is 0.947 bits per heavy atom. The number of nitro groups is 1. The van der Waals surface area contributed by atoms with Gasteiger partial charge < -0.3 is 14.6 Å². The SMILES string of the molecule is O=C(C[C@H](c1ccccc1[N+](=O)[O-])c1cn(Cc2ccccc2)c2ccccc12)NCCN1CCOCC1. The van der Waals surface area contributed by atoms with Crippen molar-refractivity contribution >= 4 is 22.5 Å². The average Bonchev–Trinajstić information content (AvgIpc) is 3.31. The Morgan fingerprint density at radius 3 is 2.45 bits per heavy atom. The predicted octanol–water partition coefficient (Wildman–Crippen LogP) is 4.57. The first-order valence-electron chi connectivity index (χ1n) is 13.0. The molecule has 4 aromatic rings. The molecule has 1 aromatic heterocycles. The van der Waals surface area contributed by atoms with Crippen LogP contribution in [0, 0.1) is 10.1 Å². The maximum atomic E-state index is 13.2. The fourth-order valence-corrected chi connectivity index (χ4v) is 5.24. The first-order valence-corrected chi connectivity index (χ1v) is 13.0. The molecule has 1 aliphatic heterocycles. The van der Waals surface area contributed by atoms with Gasteiger partial charge in [0, 0.05) is 73.8 Å². The summed E-state index contributed by atoms with van der Waals surface area (Å²) in [4.78, 5) is 27.1. The number of benzene rings is 3. The molecule has 5 rings (SSSR count). The van der Waals surface area contributed by atoms with E-state index in [-0.39, 0.29) is 22.9 Å². The third-order valence-corrected chi connectivity index (χ3v) is 7.14. The highest BCUT2D eigenvalue weighted by atomic mass is 16.6. The molecule has 1 saturated heterocycles. The summed E-state index contributed by atoms with van der Waals surface area (Å²) in [6.45, 7) is 5.07. The lowest BCUT2D eigenvalue weighted by Crippen LogP contribution is -2.41. The summed E-state index contributed by atoms with van der Waals surface area (Å²) in [5.74, 6) is -0.594. The Morgan fingerprint density at radius 2 is 1.66 bits per heavy atom. The van der Waals surface area contributed by atoms with E-state index in [4.69, 9.17) is 4.74 Å². The lowest BCUT2D eigenvalue weighted by molar-refractivity contribution is -0.385. The fraction of sp³-hybridized carbons (Fsp3) is 0.300. The van der Waals surface area contributed by atoms with E-state index in [1.807, 2.05) is 36.4 Å². The van der Waals surface area contributed by atoms with Crippen LogP contribution in [0.3, 0.4) is 0 Å². The van der Waals surface area contributed by atoms with Crippen LogP contribution in [0.15, 0.2) is 85.1 Å². The number of amides is 1. The number of rotatable bonds is 10. The molecule has 0 radical (unpaired) electrons. The minimum Gasteiger partial charge on any atom is -0.379 e. The molecule has 196 valence electrons. The molecule has 38 heavy (non-hydrogen) atoms. The Bertz CT molecular complexity index is 1400. The molecule has 0 aliphatic carbocycles. The number of nitrogens with zero attached hydrogens (tertiary/aromatic N) is 3. The van der Waals surface area contributed by atoms with Crippen molar-refractivity contribution in [2.75, 3.05) is 39.4 Å². The van der Waals surface area contributed by atoms with Gasteiger partial charge in [0.05, 0.1) is 18.1 Å². The smallest absolute Gasteiger partial charge is 0.273 e. The number of morpholine rings is 1. The molecule has 8 heteroatoms. The van der Waals surface area contributed by atoms with E-state index in [1.165, 1.54) is 6.07 Å². The van der Waals surface area contributed by atoms with Gasteiger partial charge in [-0.1, -0.05) is 66.7 Å². The zero-order valence-corrected chi connectivity index (χ0v) is 21.3. The van der Waals surface area contributed by atoms with Gasteiger partial charge in [0.25, 0.3) is 5.69 Å². The van der Waals surface area contributed by atoms with Gasteiger partial charge in [0.1, 0.15) is 0 Å². The van der Waals surface area contributed by atoms with Gasteiger partial charge in [-0.05, 0) is 17.2 Å². The molecule has 0 unspecified atom stereocenters. The summed E-state index contributed by atoms with van der Waals surface area (Å²) in [6, 6.07) is 25.0. The van der Waals surface area contributed by atoms with Crippen LogP contribution in [-0.2, 0) is 16.1 Å². The minimum absolute atomic E-state index is 0.0264. The molecule has 1 amide bonds. The van der Waals surface area contributed by atoms with Crippen LogP contribution in [-0.4, -0.2) is 59.7 Å². The lowest BCUT2D eigenvalue weighted by atomic mass is 9.87. The molecule has 8 nitrogen and oxygen atoms in total. The number of carbonyl (C=O) groups excluding carboxylic acids is 1. The van der Waals surface area contributed by atoms with Crippen molar-refractivity contribution in [2.24, 2.45) is 0 Å². The van der Waals surface area contributed by atoms with E-state index >= 15 is 0 Å². The molecule has 0 saturated carbocycles. The van der Waals surface area contributed by atoms with Gasteiger partial charge in [-0.2, -0.15) is 0 Å². The fourth-order valence-electron chi connectivity index (χ4n) is 5.24. The molecule has 1 N–H and O–H groups in total. The van der Waals surface area contributed by atoms with E-state index in [2.05, 4.69) is 39.2 Å². The summed E-state index contributed by atoms with van der Waals surface area (Å²) in [5.41, 5.74) is 3.67. The van der Waals surface area contributed by atoms with Crippen molar-refractivity contribution < 1.29 is 14.5 Å². The van der Waals surface area contributed by atoms with Crippen LogP contribution in [0.4, 0.5) is 5.69 Å². The molecule has 1 fully saturated rings. The second-order valence-corrected chi connectivity index (χ2v) is 9.59. The van der Waals surface area contributed by atoms with Crippen LogP contribution >= 0.6 is 0 Å². The molecule has 1 atom stereocenters. The van der Waals surface area contributed by atoms with Crippen molar-refractivity contribution in [3.8, 4) is 0 Å². The number of fused-ring (bicyclic) bond motifs is 1. The van der Waals surface area contributed by atoms with Gasteiger partial charge in [-0.15, -0.1) is 0 Å². The number of ether oxygens (including phenoxy) is 1. The van der Waals surface area contributed by atoms with E-state index in [1.54, 1.807) is 18.2 Å². The number of hydrogen-bond donors (Lipinski definition) is 1. The number of aromatic nitrogens is 1. The monoisotopic (exact) mass is 512 g/mol. The van der Waals surface area contributed by atoms with E-state index in [9.17, 15) is 14.9 Å². The Kier molecular flexibility index (Phi) is 8.11. The Labute approximate surface area is 222 Å². The quantitative estimate of drug-likeness (QED) is 0.248. The summed E-state index contributed by atoms with van der Waals surface area (Å²) in [7, 11) is 0. The normalized spacial score (nSPS) is 14.8. The third-order valence-electron chi connectivity index (χ3n) is 7.14. The van der Waals surface area contributed by atoms with Crippen molar-refractivity contribution in [2.45, 2.75) is 18.9 Å². The van der Waals surface area contributed by atoms with Gasteiger partial charge in [-0.25, -0.2) is 0 Å². The van der Waals surface area contributed by atoms with Crippen LogP contribution in [0.1, 0.15) is 29.0 Å². The maximum absolute atomic E-state index is 13.2. The van der Waals surface area contributed by atoms with Gasteiger partial charge in [0.2, 0.25) is 5.91 Å². The van der Waals surface area contributed by atoms with Crippen molar-refractivity contribution in [3.05, 3.63) is 112 Å². The van der Waals surface area contributed by atoms with Crippen LogP contribution in [0.5, 0.6) is 0 Å². The summed E-state index contributed by atoms with van der Waals surface area (Å²) in [6.07, 6.45) is 2.17. The molecule has 0 spiro atoms. The third kappa shape index (κ3) is 5.93. The van der Waals surface area contributed by atoms with Crippen LogP contribution in [0.25, 0.3) is 10.9 Å². The Hall–Kier alpha value is -4.01. The summed E-state index contributed by atoms with van der Waals surface area (Å²) in [5, 5.41) is 16.0. The summed E-state index contributed by atoms with van der Waals surface area (Å²) >= 11 is 0. The molecular formula is C30H32N4O4. The zero-order valence-electron chi connectivity index (χ0n) is 21.3. The van der Waals surface area contributed by atoms with E-state index in [0.717, 1.165) is 41.7 Å². The highest BCUT2D eigenvalue weighted by Gasteiger charge is 2.28. The van der Waals surface area contributed by atoms with Crippen molar-refractivity contribution in [1.82, 2.24) is 14.8 Å². The standard InChI is InChI=1S/C30H32N4O4/c35-30(31-14-15-32-16-18-38-19-17-32)20-26(24-10-5-7-13-29(24)34(36)37)27-22-33(21-23-8-2-1-3-9-23)28-12-6-4-11-25(27)28/h1-13,22,26H,14-21H2,(H,31,35)/t26-/m1/s1. The molecule has 2 heterocycles. The average molecular weight is 513 g/mol. The molecular weight excluding hydrogens is 480 g/mol. The minimum atomic E-state index is -0.470. The largest absolute Gasteiger partial charge is 0.379 e. The molecule has 0 bridgehead atoms. The second-order valence-electron chi connectivity index (χ2n) is 9.59. The van der Waals surface area contributed by atoms with Gasteiger partial charge in [0.15, 0.2) is 0 Å². The number of carbonyl (C=O) groups is 1. The number of nitrogens with one attached hydrogen (secondary N) is 1. The first kappa shape index (κ1) is 25.6. The topological polar surface area (TPSA) is 89.6 Å². The number of nitro benzene ring substituents is 1. The molecule has 1 aliphatic rings. The van der Waals surface area contributed by atoms with Gasteiger partial charge >= 0.3 is 0 Å². The predicted molar refractivity (Wildman–Crippen MR) is 147 cm³/mol. The number of para-hydroxylation sites is 2. The maximum Gasteiger partial charge on any atom is 0.273 e. The Balaban J connectivity index is 1.47. The highest BCUT2D eigenvalue weighted by Crippen LogP contribution is 2.38. The lowest BCUT2D eigenvalue weighted by Gasteiger charge is -2.26. The zero-order chi connectivity index (χ0) is 26.3. The number of hydrogen-bond acceptors (Lipinski definition) is 5. The first-order chi connectivity index (χ1) is 18.6. The highest BCUT2D eigenvalue weighted by molar-refractivity contribution is 5.87. The van der Waals surface area contributed by atoms with Crippen molar-refractivity contribution in [1.29, 1.82) is 0 Å². The van der Waals surface area contributed by atoms with Crippen molar-refractivity contribution in [3.63, 3.8) is 0 Å². The second kappa shape index (κ2) is 12.0. The van der Waals surface area contributed by atoms with Crippen LogP contribution < -0.4 is 5.32 Å². The molecule has 3 aromatic carbocycles. The summed E-state index contributed by atoms with van der Waals surface area (Å²) < 4.78 is 7.56.